The fourth-order valence-electron chi connectivity index (χ4n) is 9.90. The predicted octanol–water partition coefficient (Wildman–Crippen LogP) is 21.4. The Morgan fingerprint density at radius 1 is 0.450 bits per heavy atom. The largest absolute Gasteiger partial charge is 0.472 e. The molecule has 0 heterocycles. The Balaban J connectivity index is 5.01. The number of hydrogen-bond donors (Lipinski definition) is 2. The van der Waals surface area contributed by atoms with E-state index in [-0.39, 0.29) is 31.5 Å². The number of esters is 1. The van der Waals surface area contributed by atoms with E-state index in [1.807, 2.05) is 33.3 Å². The third-order valence-corrected chi connectivity index (χ3v) is 16.2. The Morgan fingerprint density at radius 2 is 0.800 bits per heavy atom. The van der Waals surface area contributed by atoms with E-state index in [0.29, 0.717) is 23.9 Å². The molecule has 0 aromatic heterocycles. The van der Waals surface area contributed by atoms with Crippen molar-refractivity contribution in [3.63, 3.8) is 0 Å². The van der Waals surface area contributed by atoms with Crippen molar-refractivity contribution in [2.45, 2.75) is 335 Å². The molecule has 0 radical (unpaired) electrons. The van der Waals surface area contributed by atoms with Gasteiger partial charge >= 0.3 is 13.8 Å². The van der Waals surface area contributed by atoms with Gasteiger partial charge in [-0.3, -0.25) is 18.6 Å². The van der Waals surface area contributed by atoms with Gasteiger partial charge in [-0.05, 0) is 89.5 Å². The number of ether oxygens (including phenoxy) is 1. The van der Waals surface area contributed by atoms with E-state index in [9.17, 15) is 19.0 Å². The summed E-state index contributed by atoms with van der Waals surface area (Å²) < 4.78 is 30.7. The molecule has 0 saturated carbocycles. The lowest BCUT2D eigenvalue weighted by Gasteiger charge is -2.27. The van der Waals surface area contributed by atoms with Gasteiger partial charge < -0.3 is 19.4 Å². The molecule has 0 fully saturated rings. The maximum absolute atomic E-state index is 13.5. The van der Waals surface area contributed by atoms with Crippen LogP contribution in [0.1, 0.15) is 323 Å². The monoisotopic (exact) mass is 1140 g/mol. The summed E-state index contributed by atoms with van der Waals surface area (Å²) in [5.41, 5.74) is 0. The van der Waals surface area contributed by atoms with Gasteiger partial charge in [0.15, 0.2) is 0 Å². The third kappa shape index (κ3) is 60.3. The molecule has 0 saturated heterocycles. The van der Waals surface area contributed by atoms with E-state index in [1.54, 1.807) is 0 Å². The Hall–Kier alpha value is -2.29. The second kappa shape index (κ2) is 59.9. The molecule has 0 aromatic rings. The van der Waals surface area contributed by atoms with E-state index >= 15 is 0 Å². The average molecular weight is 1140 g/mol. The molecule has 0 bridgehead atoms. The number of rotatable bonds is 62. The van der Waals surface area contributed by atoms with E-state index in [2.05, 4.69) is 74.7 Å². The molecule has 1 amide bonds. The van der Waals surface area contributed by atoms with Crippen molar-refractivity contribution in [3.8, 4) is 0 Å². The lowest BCUT2D eigenvalue weighted by molar-refractivity contribution is -0.870. The zero-order valence-corrected chi connectivity index (χ0v) is 54.5. The number of phosphoric acid groups is 1. The van der Waals surface area contributed by atoms with Gasteiger partial charge in [-0.2, -0.15) is 0 Å². The summed E-state index contributed by atoms with van der Waals surface area (Å²) in [6.45, 7) is 6.99. The first kappa shape index (κ1) is 77.7. The van der Waals surface area contributed by atoms with Crippen LogP contribution in [0.25, 0.3) is 0 Å². The summed E-state index contributed by atoms with van der Waals surface area (Å²) in [7, 11) is 1.49. The summed E-state index contributed by atoms with van der Waals surface area (Å²) in [5, 5.41) is 3.05. The molecule has 3 atom stereocenters. The van der Waals surface area contributed by atoms with Crippen molar-refractivity contribution in [2.75, 3.05) is 40.9 Å². The lowest BCUT2D eigenvalue weighted by Crippen LogP contribution is -2.47. The molecule has 80 heavy (non-hydrogen) atoms. The van der Waals surface area contributed by atoms with Crippen molar-refractivity contribution in [1.82, 2.24) is 5.32 Å². The van der Waals surface area contributed by atoms with Crippen molar-refractivity contribution in [1.29, 1.82) is 0 Å². The van der Waals surface area contributed by atoms with Crippen LogP contribution in [0.15, 0.2) is 60.8 Å². The summed E-state index contributed by atoms with van der Waals surface area (Å²) in [6, 6.07) is -0.861. The third-order valence-electron chi connectivity index (χ3n) is 15.2. The first-order chi connectivity index (χ1) is 38.9. The van der Waals surface area contributed by atoms with Crippen molar-refractivity contribution >= 4 is 19.7 Å². The zero-order valence-electron chi connectivity index (χ0n) is 53.6. The lowest BCUT2D eigenvalue weighted by atomic mass is 10.0. The van der Waals surface area contributed by atoms with E-state index < -0.39 is 20.0 Å². The minimum atomic E-state index is -4.46. The minimum absolute atomic E-state index is 0.0353. The Morgan fingerprint density at radius 3 is 1.24 bits per heavy atom. The number of hydrogen-bond acceptors (Lipinski definition) is 6. The number of unbranched alkanes of at least 4 members (excludes halogenated alkanes) is 39. The van der Waals surface area contributed by atoms with E-state index in [0.717, 1.165) is 70.6 Å². The number of allylic oxidation sites excluding steroid dienone is 9. The fourth-order valence-corrected chi connectivity index (χ4v) is 10.6. The van der Waals surface area contributed by atoms with Crippen LogP contribution in [-0.4, -0.2) is 74.3 Å². The average Bonchev–Trinajstić information content (AvgIpc) is 3.43. The van der Waals surface area contributed by atoms with Gasteiger partial charge in [-0.1, -0.05) is 281 Å². The fraction of sp³-hybridized carbons (Fsp3) is 0.829. The van der Waals surface area contributed by atoms with Gasteiger partial charge in [-0.25, -0.2) is 4.57 Å². The van der Waals surface area contributed by atoms with Crippen LogP contribution in [0.2, 0.25) is 0 Å². The van der Waals surface area contributed by atoms with Gasteiger partial charge in [0, 0.05) is 12.8 Å². The number of carbonyl (C=O) groups excluding carboxylic acids is 2. The highest BCUT2D eigenvalue weighted by atomic mass is 31.2. The minimum Gasteiger partial charge on any atom is -0.456 e. The van der Waals surface area contributed by atoms with Crippen LogP contribution < -0.4 is 5.32 Å². The van der Waals surface area contributed by atoms with Crippen LogP contribution in [0.3, 0.4) is 0 Å². The molecule has 0 rings (SSSR count). The van der Waals surface area contributed by atoms with E-state index in [4.69, 9.17) is 13.8 Å². The molecule has 10 heteroatoms. The quantitative estimate of drug-likeness (QED) is 0.0156. The van der Waals surface area contributed by atoms with Crippen LogP contribution in [0.4, 0.5) is 0 Å². The summed E-state index contributed by atoms with van der Waals surface area (Å²) in [6.07, 6.45) is 76.7. The number of likely N-dealkylation sites (N-methyl/N-ethyl adjacent to an activating group) is 1. The van der Waals surface area contributed by atoms with Gasteiger partial charge in [-0.15, -0.1) is 0 Å². The van der Waals surface area contributed by atoms with Gasteiger partial charge in [0.1, 0.15) is 19.3 Å². The molecule has 2 N–H and O–H groups in total. The molecule has 0 aliphatic carbocycles. The molecule has 9 nitrogen and oxygen atoms in total. The molecule has 0 aliphatic heterocycles. The second-order valence-electron chi connectivity index (χ2n) is 24.4. The number of amides is 1. The maximum Gasteiger partial charge on any atom is 0.472 e. The van der Waals surface area contributed by atoms with Crippen LogP contribution in [0, 0.1) is 0 Å². The van der Waals surface area contributed by atoms with Crippen molar-refractivity contribution < 1.29 is 37.3 Å². The Labute approximate surface area is 496 Å². The zero-order chi connectivity index (χ0) is 58.6. The summed E-state index contributed by atoms with van der Waals surface area (Å²) in [5.74, 6) is -0.526. The van der Waals surface area contributed by atoms with Crippen LogP contribution >= 0.6 is 7.82 Å². The van der Waals surface area contributed by atoms with Crippen molar-refractivity contribution in [3.05, 3.63) is 60.8 Å². The standard InChI is InChI=1S/C70H131N2O7P/c1-7-10-13-16-19-22-25-27-29-31-32-33-34-35-36-37-38-39-40-41-43-45-48-51-54-57-60-63-70(74)79-68(61-58-55-52-49-46-24-21-18-15-12-9-3)67(66-78-80(75,76)77-65-64-72(4,5)6)71-69(73)62-59-56-53-50-47-44-42-30-28-26-23-20-17-14-11-8-2/h19,22,27,29-30,42,44,47,58,61,67-68H,7-18,20-21,23-26,28,31-41,43,45-46,48-57,59-60,62-66H2,1-6H3,(H-,71,73,75,76)/p+1/b22-19-,29-27-,42-30+,47-44+,61-58-. The number of carbonyl (C=O) groups is 2. The number of nitrogens with zero attached hydrogens (tertiary/aromatic N) is 1. The topological polar surface area (TPSA) is 111 Å². The number of phosphoric ester groups is 1. The van der Waals surface area contributed by atoms with Gasteiger partial charge in [0.25, 0.3) is 0 Å². The number of nitrogens with one attached hydrogen (secondary N) is 1. The summed E-state index contributed by atoms with van der Waals surface area (Å²) >= 11 is 0. The normalized spacial score (nSPS) is 13.9. The first-order valence-corrected chi connectivity index (χ1v) is 35.6. The van der Waals surface area contributed by atoms with Crippen molar-refractivity contribution in [2.24, 2.45) is 0 Å². The molecule has 0 spiro atoms. The van der Waals surface area contributed by atoms with Crippen LogP contribution in [-0.2, 0) is 27.9 Å². The van der Waals surface area contributed by atoms with Crippen LogP contribution in [0.5, 0.6) is 0 Å². The van der Waals surface area contributed by atoms with E-state index in [1.165, 1.54) is 212 Å². The SMILES string of the molecule is CCCCC/C=C\C/C=C\CCCCCCCCCCCCCCCCCCCC(=O)OC(/C=C\CCCCCCCCCCC)C(COP(=O)(O)OCC[N+](C)(C)C)NC(=O)CCCCC/C=C/C=C/CCCCCCCCC. The highest BCUT2D eigenvalue weighted by Crippen LogP contribution is 2.43. The van der Waals surface area contributed by atoms with Gasteiger partial charge in [0.05, 0.1) is 33.8 Å². The molecule has 0 aliphatic rings. The molecular weight excluding hydrogens is 1010 g/mol. The Kier molecular flexibility index (Phi) is 58.1. The van der Waals surface area contributed by atoms with Gasteiger partial charge in [0.2, 0.25) is 5.91 Å². The molecule has 468 valence electrons. The highest BCUT2D eigenvalue weighted by molar-refractivity contribution is 7.47. The Bertz CT molecular complexity index is 1550. The smallest absolute Gasteiger partial charge is 0.456 e. The second-order valence-corrected chi connectivity index (χ2v) is 25.8. The first-order valence-electron chi connectivity index (χ1n) is 34.1. The summed E-state index contributed by atoms with van der Waals surface area (Å²) in [4.78, 5) is 37.8. The molecular formula is C70H132N2O7P+. The highest BCUT2D eigenvalue weighted by Gasteiger charge is 2.30. The molecule has 3 unspecified atom stereocenters. The predicted molar refractivity (Wildman–Crippen MR) is 346 cm³/mol. The number of quaternary nitrogens is 1. The maximum atomic E-state index is 13.5. The molecule has 0 aromatic carbocycles.